The number of Topliss-reactive ketones (excluding diaryl/α,β-unsaturated/α-hetero) is 1. The van der Waals surface area contributed by atoms with Crippen molar-refractivity contribution >= 4 is 17.4 Å². The third kappa shape index (κ3) is 3.97. The van der Waals surface area contributed by atoms with Gasteiger partial charge in [-0.05, 0) is 43.7 Å². The van der Waals surface area contributed by atoms with Crippen LogP contribution in [-0.2, 0) is 16.1 Å². The Labute approximate surface area is 180 Å². The molecule has 0 aliphatic carbocycles. The summed E-state index contributed by atoms with van der Waals surface area (Å²) in [6.07, 6.45) is 1.52. The van der Waals surface area contributed by atoms with Gasteiger partial charge >= 0.3 is 0 Å². The van der Waals surface area contributed by atoms with Gasteiger partial charge in [-0.2, -0.15) is 0 Å². The summed E-state index contributed by atoms with van der Waals surface area (Å²) in [5.74, 6) is -0.354. The molecule has 1 N–H and O–H groups in total. The Morgan fingerprint density at radius 1 is 1.06 bits per heavy atom. The van der Waals surface area contributed by atoms with Crippen molar-refractivity contribution in [2.75, 3.05) is 6.61 Å². The van der Waals surface area contributed by atoms with Gasteiger partial charge in [0.05, 0.1) is 31.0 Å². The lowest BCUT2D eigenvalue weighted by molar-refractivity contribution is -0.140. The summed E-state index contributed by atoms with van der Waals surface area (Å²) in [4.78, 5) is 27.4. The first-order valence-corrected chi connectivity index (χ1v) is 10.1. The van der Waals surface area contributed by atoms with Crippen molar-refractivity contribution in [3.05, 3.63) is 95.0 Å². The molecule has 31 heavy (non-hydrogen) atoms. The molecule has 1 aliphatic heterocycles. The summed E-state index contributed by atoms with van der Waals surface area (Å²) in [7, 11) is 0. The van der Waals surface area contributed by atoms with E-state index in [2.05, 4.69) is 0 Å². The maximum Gasteiger partial charge on any atom is 0.296 e. The number of carbonyl (C=O) groups is 2. The van der Waals surface area contributed by atoms with Crippen molar-refractivity contribution in [2.24, 2.45) is 0 Å². The van der Waals surface area contributed by atoms with Crippen molar-refractivity contribution < 1.29 is 23.8 Å². The first kappa shape index (κ1) is 20.5. The standard InChI is InChI=1S/C25H23NO5/c1-3-30-19-12-10-17(11-13-19)22-21(23(27)18-8-6-16(2)7-9-18)24(28)25(29)26(22)15-20-5-4-14-31-20/h4-14,22,27H,3,15H2,1-2H3/b23-21+/t22-/m1/s1. The van der Waals surface area contributed by atoms with Crippen molar-refractivity contribution in [1.29, 1.82) is 0 Å². The summed E-state index contributed by atoms with van der Waals surface area (Å²) in [5, 5.41) is 11.0. The Bertz CT molecular complexity index is 1110. The molecule has 1 amide bonds. The molecule has 0 radical (unpaired) electrons. The maximum absolute atomic E-state index is 13.0. The zero-order chi connectivity index (χ0) is 22.0. The molecule has 0 unspecified atom stereocenters. The van der Waals surface area contributed by atoms with Crippen LogP contribution < -0.4 is 4.74 Å². The molecule has 0 spiro atoms. The average molecular weight is 417 g/mol. The van der Waals surface area contributed by atoms with Crippen LogP contribution in [0.15, 0.2) is 76.9 Å². The van der Waals surface area contributed by atoms with Crippen LogP contribution in [0.4, 0.5) is 0 Å². The maximum atomic E-state index is 13.0. The van der Waals surface area contributed by atoms with E-state index in [0.717, 1.165) is 5.56 Å². The molecule has 0 saturated carbocycles. The quantitative estimate of drug-likeness (QED) is 0.360. The number of rotatable bonds is 6. The van der Waals surface area contributed by atoms with E-state index < -0.39 is 17.7 Å². The minimum atomic E-state index is -0.748. The van der Waals surface area contributed by atoms with Gasteiger partial charge in [0.25, 0.3) is 11.7 Å². The Morgan fingerprint density at radius 3 is 2.39 bits per heavy atom. The largest absolute Gasteiger partial charge is 0.507 e. The highest BCUT2D eigenvalue weighted by molar-refractivity contribution is 6.46. The summed E-state index contributed by atoms with van der Waals surface area (Å²) < 4.78 is 10.9. The van der Waals surface area contributed by atoms with Crippen LogP contribution in [0, 0.1) is 6.92 Å². The van der Waals surface area contributed by atoms with Crippen LogP contribution >= 0.6 is 0 Å². The Morgan fingerprint density at radius 2 is 1.77 bits per heavy atom. The number of hydrogen-bond donors (Lipinski definition) is 1. The van der Waals surface area contributed by atoms with Gasteiger partial charge in [-0.25, -0.2) is 0 Å². The first-order chi connectivity index (χ1) is 15.0. The van der Waals surface area contributed by atoms with E-state index in [1.165, 1.54) is 11.2 Å². The summed E-state index contributed by atoms with van der Waals surface area (Å²) >= 11 is 0. The van der Waals surface area contributed by atoms with Crippen LogP contribution in [0.25, 0.3) is 5.76 Å². The van der Waals surface area contributed by atoms with Gasteiger partial charge in [-0.1, -0.05) is 42.0 Å². The van der Waals surface area contributed by atoms with E-state index in [0.29, 0.717) is 29.2 Å². The molecule has 3 aromatic rings. The number of carbonyl (C=O) groups excluding carboxylic acids is 2. The van der Waals surface area contributed by atoms with Gasteiger partial charge in [0, 0.05) is 5.56 Å². The molecular formula is C25H23NO5. The van der Waals surface area contributed by atoms with Crippen molar-refractivity contribution in [1.82, 2.24) is 4.90 Å². The summed E-state index contributed by atoms with van der Waals surface area (Å²) in [6.45, 7) is 4.48. The lowest BCUT2D eigenvalue weighted by Gasteiger charge is -2.24. The Kier molecular flexibility index (Phi) is 5.62. The molecule has 2 aromatic carbocycles. The number of nitrogens with zero attached hydrogens (tertiary/aromatic N) is 1. The van der Waals surface area contributed by atoms with E-state index in [4.69, 9.17) is 9.15 Å². The SMILES string of the molecule is CCOc1ccc([C@@H]2/C(=C(\O)c3ccc(C)cc3)C(=O)C(=O)N2Cc2ccco2)cc1. The van der Waals surface area contributed by atoms with Gasteiger partial charge in [-0.15, -0.1) is 0 Å². The summed E-state index contributed by atoms with van der Waals surface area (Å²) in [6, 6.07) is 17.1. The molecule has 6 heteroatoms. The molecule has 6 nitrogen and oxygen atoms in total. The topological polar surface area (TPSA) is 80.0 Å². The van der Waals surface area contributed by atoms with Crippen molar-refractivity contribution in [2.45, 2.75) is 26.4 Å². The first-order valence-electron chi connectivity index (χ1n) is 10.1. The fraction of sp³-hybridized carbons (Fsp3) is 0.200. The number of aliphatic hydroxyl groups excluding tert-OH is 1. The molecule has 1 aliphatic rings. The molecule has 158 valence electrons. The molecule has 1 atom stereocenters. The van der Waals surface area contributed by atoms with Crippen LogP contribution in [0.2, 0.25) is 0 Å². The summed E-state index contributed by atoms with van der Waals surface area (Å²) in [5.41, 5.74) is 2.27. The number of benzene rings is 2. The fourth-order valence-electron chi connectivity index (χ4n) is 3.74. The normalized spacial score (nSPS) is 17.9. The van der Waals surface area contributed by atoms with Crippen molar-refractivity contribution in [3.8, 4) is 5.75 Å². The fourth-order valence-corrected chi connectivity index (χ4v) is 3.74. The number of likely N-dealkylation sites (tertiary alicyclic amines) is 1. The number of ketones is 1. The second-order valence-corrected chi connectivity index (χ2v) is 7.37. The molecule has 1 saturated heterocycles. The highest BCUT2D eigenvalue weighted by Crippen LogP contribution is 2.40. The molecule has 1 fully saturated rings. The van der Waals surface area contributed by atoms with Gasteiger partial charge in [0.1, 0.15) is 17.3 Å². The van der Waals surface area contributed by atoms with Crippen molar-refractivity contribution in [3.63, 3.8) is 0 Å². The second-order valence-electron chi connectivity index (χ2n) is 7.37. The third-order valence-electron chi connectivity index (χ3n) is 5.28. The predicted molar refractivity (Wildman–Crippen MR) is 115 cm³/mol. The number of furan rings is 1. The van der Waals surface area contributed by atoms with E-state index in [1.807, 2.05) is 26.0 Å². The Balaban J connectivity index is 1.82. The van der Waals surface area contributed by atoms with E-state index in [9.17, 15) is 14.7 Å². The smallest absolute Gasteiger partial charge is 0.296 e. The highest BCUT2D eigenvalue weighted by Gasteiger charge is 2.46. The van der Waals surface area contributed by atoms with Crippen LogP contribution in [0.5, 0.6) is 5.75 Å². The Hall–Kier alpha value is -3.80. The predicted octanol–water partition coefficient (Wildman–Crippen LogP) is 4.61. The van der Waals surface area contributed by atoms with Gasteiger partial charge < -0.3 is 19.2 Å². The van der Waals surface area contributed by atoms with Crippen LogP contribution in [0.1, 0.15) is 35.4 Å². The zero-order valence-electron chi connectivity index (χ0n) is 17.4. The van der Waals surface area contributed by atoms with E-state index in [-0.39, 0.29) is 17.9 Å². The number of ether oxygens (including phenoxy) is 1. The second kappa shape index (κ2) is 8.52. The zero-order valence-corrected chi connectivity index (χ0v) is 17.4. The van der Waals surface area contributed by atoms with Crippen LogP contribution in [0.3, 0.4) is 0 Å². The lowest BCUT2D eigenvalue weighted by Crippen LogP contribution is -2.29. The lowest BCUT2D eigenvalue weighted by atomic mass is 9.95. The molecule has 4 rings (SSSR count). The van der Waals surface area contributed by atoms with Gasteiger partial charge in [0.2, 0.25) is 0 Å². The minimum absolute atomic E-state index is 0.0598. The number of aliphatic hydroxyl groups is 1. The highest BCUT2D eigenvalue weighted by atomic mass is 16.5. The molecule has 1 aromatic heterocycles. The number of hydrogen-bond acceptors (Lipinski definition) is 5. The van der Waals surface area contributed by atoms with E-state index >= 15 is 0 Å². The van der Waals surface area contributed by atoms with E-state index in [1.54, 1.807) is 48.5 Å². The minimum Gasteiger partial charge on any atom is -0.507 e. The van der Waals surface area contributed by atoms with Crippen LogP contribution in [-0.4, -0.2) is 28.3 Å². The molecule has 0 bridgehead atoms. The van der Waals surface area contributed by atoms with Gasteiger partial charge in [-0.3, -0.25) is 9.59 Å². The number of aryl methyl sites for hydroxylation is 1. The monoisotopic (exact) mass is 417 g/mol. The third-order valence-corrected chi connectivity index (χ3v) is 5.28. The number of amides is 1. The molecule has 2 heterocycles. The van der Waals surface area contributed by atoms with Gasteiger partial charge in [0.15, 0.2) is 0 Å². The molecular weight excluding hydrogens is 394 g/mol. The average Bonchev–Trinajstić information content (AvgIpc) is 3.37.